The molecule has 0 bridgehead atoms. The van der Waals surface area contributed by atoms with E-state index in [0.717, 1.165) is 72.6 Å². The number of hydroxylamine groups is 1. The van der Waals surface area contributed by atoms with Gasteiger partial charge in [-0.25, -0.2) is 15.1 Å². The monoisotopic (exact) mass is 614 g/mol. The second-order valence-corrected chi connectivity index (χ2v) is 12.9. The molecule has 1 atom stereocenters. The van der Waals surface area contributed by atoms with Crippen molar-refractivity contribution in [1.29, 1.82) is 0 Å². The number of fused-ring (bicyclic) bond motifs is 1. The predicted octanol–water partition coefficient (Wildman–Crippen LogP) is 8.06. The highest BCUT2D eigenvalue weighted by Crippen LogP contribution is 2.28. The zero-order valence-corrected chi connectivity index (χ0v) is 26.8. The van der Waals surface area contributed by atoms with Gasteiger partial charge < -0.3 is 19.1 Å². The Hall–Kier alpha value is -3.88. The van der Waals surface area contributed by atoms with Crippen LogP contribution in [0, 0.1) is 0 Å². The van der Waals surface area contributed by atoms with Gasteiger partial charge in [0.2, 0.25) is 0 Å². The molecule has 2 fully saturated rings. The first-order valence-corrected chi connectivity index (χ1v) is 16.2. The van der Waals surface area contributed by atoms with E-state index in [1.165, 1.54) is 6.42 Å². The van der Waals surface area contributed by atoms with E-state index in [-0.39, 0.29) is 24.6 Å². The van der Waals surface area contributed by atoms with E-state index in [1.807, 2.05) is 68.1 Å². The summed E-state index contributed by atoms with van der Waals surface area (Å²) in [5.74, 6) is 0.460. The molecule has 0 spiro atoms. The van der Waals surface area contributed by atoms with E-state index in [2.05, 4.69) is 23.7 Å². The predicted molar refractivity (Wildman–Crippen MR) is 176 cm³/mol. The van der Waals surface area contributed by atoms with Crippen molar-refractivity contribution in [1.82, 2.24) is 10.4 Å². The zero-order valence-electron chi connectivity index (χ0n) is 26.8. The van der Waals surface area contributed by atoms with E-state index in [4.69, 9.17) is 19.0 Å². The molecule has 1 N–H and O–H groups in total. The standard InChI is InChI=1S/C37H46N2O6/c1-37(2,3)44-36(41)39(31-14-5-4-6-15-31)25-28(26-43-33-17-11-13-29-12-7-8-16-32(29)33)24-27-19-21-30(22-20-27)35(40)38-45-34-18-9-10-23-42-34/h7-8,11-13,16-17,19-22,24,31,34H,4-6,9-10,14-15,18,23,25-26H2,1-3H3,(H,38,40). The fourth-order valence-electron chi connectivity index (χ4n) is 5.85. The molecule has 1 aliphatic carbocycles. The van der Waals surface area contributed by atoms with Gasteiger partial charge in [0.15, 0.2) is 6.29 Å². The average molecular weight is 615 g/mol. The van der Waals surface area contributed by atoms with Crippen LogP contribution in [0.5, 0.6) is 5.75 Å². The van der Waals surface area contributed by atoms with Crippen molar-refractivity contribution in [3.05, 3.63) is 83.4 Å². The van der Waals surface area contributed by atoms with Crippen molar-refractivity contribution >= 4 is 28.8 Å². The fraction of sp³-hybridized carbons (Fsp3) is 0.459. The SMILES string of the molecule is CC(C)(C)OC(=O)N(CC(=Cc1ccc(C(=O)NOC2CCCCO2)cc1)COc1cccc2ccccc12)C1CCCCC1. The van der Waals surface area contributed by atoms with Gasteiger partial charge in [0.25, 0.3) is 5.91 Å². The van der Waals surface area contributed by atoms with Crippen molar-refractivity contribution in [3.8, 4) is 5.75 Å². The number of benzene rings is 3. The van der Waals surface area contributed by atoms with Gasteiger partial charge in [0.1, 0.15) is 18.0 Å². The van der Waals surface area contributed by atoms with Crippen molar-refractivity contribution < 1.29 is 28.6 Å². The molecule has 8 heteroatoms. The van der Waals surface area contributed by atoms with Crippen LogP contribution in [0.2, 0.25) is 0 Å². The number of ether oxygens (including phenoxy) is 3. The van der Waals surface area contributed by atoms with Crippen LogP contribution in [0.4, 0.5) is 4.79 Å². The first-order valence-electron chi connectivity index (χ1n) is 16.2. The molecule has 0 radical (unpaired) electrons. The largest absolute Gasteiger partial charge is 0.489 e. The Morgan fingerprint density at radius 3 is 2.38 bits per heavy atom. The molecule has 5 rings (SSSR count). The summed E-state index contributed by atoms with van der Waals surface area (Å²) in [5.41, 5.74) is 4.22. The number of carbonyl (C=O) groups is 2. The van der Waals surface area contributed by atoms with Crippen molar-refractivity contribution in [2.75, 3.05) is 19.8 Å². The first-order chi connectivity index (χ1) is 21.7. The van der Waals surface area contributed by atoms with Crippen molar-refractivity contribution in [2.45, 2.75) is 90.1 Å². The number of hydrogen-bond donors (Lipinski definition) is 1. The van der Waals surface area contributed by atoms with Crippen LogP contribution in [0.3, 0.4) is 0 Å². The molecular formula is C37H46N2O6. The number of hydrogen-bond acceptors (Lipinski definition) is 6. The molecule has 2 amide bonds. The number of carbonyl (C=O) groups excluding carboxylic acids is 2. The van der Waals surface area contributed by atoms with Gasteiger partial charge in [-0.1, -0.05) is 73.9 Å². The summed E-state index contributed by atoms with van der Waals surface area (Å²) in [4.78, 5) is 33.6. The quantitative estimate of drug-likeness (QED) is 0.233. The molecular weight excluding hydrogens is 568 g/mol. The third-order valence-electron chi connectivity index (χ3n) is 8.14. The molecule has 1 aliphatic heterocycles. The minimum Gasteiger partial charge on any atom is -0.489 e. The fourth-order valence-corrected chi connectivity index (χ4v) is 5.85. The lowest BCUT2D eigenvalue weighted by atomic mass is 9.94. The number of nitrogens with zero attached hydrogens (tertiary/aromatic N) is 1. The van der Waals surface area contributed by atoms with Gasteiger partial charge in [0.05, 0.1) is 0 Å². The summed E-state index contributed by atoms with van der Waals surface area (Å²) in [6.07, 6.45) is 9.38. The molecule has 1 unspecified atom stereocenters. The Labute approximate surface area is 266 Å². The molecule has 1 saturated heterocycles. The number of amides is 2. The molecule has 2 aliphatic rings. The van der Waals surface area contributed by atoms with Crippen LogP contribution in [0.1, 0.15) is 88.1 Å². The summed E-state index contributed by atoms with van der Waals surface area (Å²) in [6.45, 7) is 7.00. The van der Waals surface area contributed by atoms with Gasteiger partial charge in [-0.05, 0) is 81.2 Å². The molecule has 1 heterocycles. The van der Waals surface area contributed by atoms with Crippen molar-refractivity contribution in [2.24, 2.45) is 0 Å². The molecule has 3 aromatic carbocycles. The lowest BCUT2D eigenvalue weighted by Gasteiger charge is -2.36. The highest BCUT2D eigenvalue weighted by molar-refractivity contribution is 5.93. The normalized spacial score (nSPS) is 17.9. The first kappa shape index (κ1) is 32.5. The Morgan fingerprint density at radius 1 is 0.911 bits per heavy atom. The molecule has 240 valence electrons. The van der Waals surface area contributed by atoms with E-state index < -0.39 is 11.9 Å². The summed E-state index contributed by atoms with van der Waals surface area (Å²) < 4.78 is 17.9. The van der Waals surface area contributed by atoms with Crippen LogP contribution >= 0.6 is 0 Å². The number of rotatable bonds is 10. The molecule has 0 aromatic heterocycles. The van der Waals surface area contributed by atoms with E-state index in [1.54, 1.807) is 12.1 Å². The summed E-state index contributed by atoms with van der Waals surface area (Å²) in [6, 6.07) is 21.6. The molecule has 8 nitrogen and oxygen atoms in total. The zero-order chi connectivity index (χ0) is 31.6. The number of nitrogens with one attached hydrogen (secondary N) is 1. The third kappa shape index (κ3) is 9.55. The Balaban J connectivity index is 1.37. The maximum Gasteiger partial charge on any atom is 0.410 e. The minimum atomic E-state index is -0.601. The lowest BCUT2D eigenvalue weighted by Crippen LogP contribution is -2.45. The molecule has 3 aromatic rings. The summed E-state index contributed by atoms with van der Waals surface area (Å²) in [7, 11) is 0. The van der Waals surface area contributed by atoms with Gasteiger partial charge in [-0.3, -0.25) is 4.79 Å². The van der Waals surface area contributed by atoms with Crippen LogP contribution in [-0.2, 0) is 14.3 Å². The second-order valence-electron chi connectivity index (χ2n) is 12.9. The minimum absolute atomic E-state index is 0.105. The highest BCUT2D eigenvalue weighted by atomic mass is 16.8. The molecule has 45 heavy (non-hydrogen) atoms. The lowest BCUT2D eigenvalue weighted by molar-refractivity contribution is -0.186. The van der Waals surface area contributed by atoms with Gasteiger partial charge >= 0.3 is 6.09 Å². The van der Waals surface area contributed by atoms with E-state index in [9.17, 15) is 9.59 Å². The Bertz CT molecular complexity index is 1440. The maximum absolute atomic E-state index is 13.6. The van der Waals surface area contributed by atoms with E-state index in [0.29, 0.717) is 18.7 Å². The van der Waals surface area contributed by atoms with Crippen LogP contribution < -0.4 is 10.2 Å². The third-order valence-corrected chi connectivity index (χ3v) is 8.14. The Morgan fingerprint density at radius 2 is 1.64 bits per heavy atom. The Kier molecular flexibility index (Phi) is 11.1. The maximum atomic E-state index is 13.6. The summed E-state index contributed by atoms with van der Waals surface area (Å²) in [5, 5.41) is 2.14. The topological polar surface area (TPSA) is 86.3 Å². The highest BCUT2D eigenvalue weighted by Gasteiger charge is 2.30. The average Bonchev–Trinajstić information content (AvgIpc) is 3.05. The van der Waals surface area contributed by atoms with Gasteiger partial charge in [-0.15, -0.1) is 0 Å². The summed E-state index contributed by atoms with van der Waals surface area (Å²) >= 11 is 0. The van der Waals surface area contributed by atoms with Gasteiger partial charge in [0, 0.05) is 36.6 Å². The van der Waals surface area contributed by atoms with Crippen LogP contribution in [0.15, 0.2) is 72.3 Å². The van der Waals surface area contributed by atoms with Crippen LogP contribution in [-0.4, -0.2) is 54.6 Å². The second kappa shape index (κ2) is 15.4. The molecule has 1 saturated carbocycles. The van der Waals surface area contributed by atoms with Crippen molar-refractivity contribution in [3.63, 3.8) is 0 Å². The van der Waals surface area contributed by atoms with Crippen LogP contribution in [0.25, 0.3) is 16.8 Å². The van der Waals surface area contributed by atoms with E-state index >= 15 is 0 Å². The smallest absolute Gasteiger partial charge is 0.410 e. The van der Waals surface area contributed by atoms with Gasteiger partial charge in [-0.2, -0.15) is 0 Å².